The van der Waals surface area contributed by atoms with Crippen molar-refractivity contribution in [1.82, 2.24) is 0 Å². The molecule has 0 amide bonds. The minimum absolute atomic E-state index is 0. The van der Waals surface area contributed by atoms with E-state index in [1.54, 1.807) is 0 Å². The molecule has 0 saturated carbocycles. The normalized spacial score (nSPS) is 10.3. The van der Waals surface area contributed by atoms with Crippen LogP contribution in [0.4, 0.5) is 0 Å². The van der Waals surface area contributed by atoms with Crippen molar-refractivity contribution in [2.75, 3.05) is 18.5 Å². The van der Waals surface area contributed by atoms with E-state index < -0.39 is 0 Å². The van der Waals surface area contributed by atoms with Gasteiger partial charge in [-0.15, -0.1) is 78.7 Å². The van der Waals surface area contributed by atoms with Gasteiger partial charge in [0.2, 0.25) is 0 Å². The van der Waals surface area contributed by atoms with E-state index in [1.807, 2.05) is 0 Å². The molecule has 0 radical (unpaired) electrons. The van der Waals surface area contributed by atoms with Crippen molar-refractivity contribution < 1.29 is 0 Å². The van der Waals surface area contributed by atoms with E-state index in [0.717, 1.165) is 0 Å². The maximum Gasteiger partial charge on any atom is -0.0381 e. The van der Waals surface area contributed by atoms with Crippen LogP contribution in [-0.4, -0.2) is 18.5 Å². The van der Waals surface area contributed by atoms with E-state index in [2.05, 4.69) is 48.5 Å². The molecule has 6 heteroatoms. The van der Waals surface area contributed by atoms with Gasteiger partial charge in [0.25, 0.3) is 0 Å². The van der Waals surface area contributed by atoms with Gasteiger partial charge in [-0.05, 0) is 37.7 Å². The highest BCUT2D eigenvalue weighted by Gasteiger charge is 1.96. The molecule has 0 heterocycles. The first-order chi connectivity index (χ1) is 25.2. The van der Waals surface area contributed by atoms with Gasteiger partial charge in [0.1, 0.15) is 0 Å². The third-order valence-corrected chi connectivity index (χ3v) is 11.9. The van der Waals surface area contributed by atoms with E-state index in [4.69, 9.17) is 0 Å². The van der Waals surface area contributed by atoms with E-state index >= 15 is 0 Å². The second kappa shape index (κ2) is 73.3. The zero-order chi connectivity index (χ0) is 37.8. The largest absolute Gasteiger partial charge is 0.138 e. The Kier molecular flexibility index (Phi) is 92.9. The highest BCUT2D eigenvalue weighted by molar-refractivity contribution is 8.93. The lowest BCUT2D eigenvalue weighted by Crippen LogP contribution is -1.83. The average molecular weight is 1020 g/mol. The van der Waals surface area contributed by atoms with Gasteiger partial charge in [-0.3, -0.25) is 0 Å². The Bertz CT molecular complexity index is 414. The summed E-state index contributed by atoms with van der Waals surface area (Å²) >= 11 is 0. The van der Waals surface area contributed by atoms with Gasteiger partial charge in [0.05, 0.1) is 0 Å². The number of rotatable bonds is 42. The fraction of sp³-hybridized carbons (Fsp3) is 1.00. The summed E-state index contributed by atoms with van der Waals surface area (Å²) in [6.45, 7) is 6.87. The Balaban J connectivity index is -0.000000156. The van der Waals surface area contributed by atoms with Crippen molar-refractivity contribution >= 4 is 78.7 Å². The molecule has 3 atom stereocenters. The third-order valence-electron chi connectivity index (χ3n) is 10.7. The smallest absolute Gasteiger partial charge is 0.0381 e. The molecule has 336 valence electrons. The van der Waals surface area contributed by atoms with E-state index in [0.29, 0.717) is 0 Å². The predicted molar refractivity (Wildman–Crippen MR) is 286 cm³/mol. The van der Waals surface area contributed by atoms with E-state index in [-0.39, 0.29) is 50.9 Å². The highest BCUT2D eigenvalue weighted by atomic mass is 79.9. The average Bonchev–Trinajstić information content (AvgIpc) is 3.15. The molecule has 0 aromatic heterocycles. The summed E-state index contributed by atoms with van der Waals surface area (Å²) in [5.41, 5.74) is 0. The van der Waals surface area contributed by atoms with Gasteiger partial charge < -0.3 is 0 Å². The molecule has 0 N–H and O–H groups in total. The first-order valence-corrected chi connectivity index (χ1v) is 26.8. The van der Waals surface area contributed by atoms with Crippen molar-refractivity contribution in [3.05, 3.63) is 0 Å². The van der Waals surface area contributed by atoms with Crippen molar-refractivity contribution in [2.45, 2.75) is 290 Å². The Morgan fingerprint density at radius 2 is 0.259 bits per heavy atom. The van der Waals surface area contributed by atoms with Crippen LogP contribution in [0.5, 0.6) is 0 Å². The van der Waals surface area contributed by atoms with Crippen molar-refractivity contribution in [3.63, 3.8) is 0 Å². The van der Waals surface area contributed by atoms with Crippen LogP contribution in [0.25, 0.3) is 0 Å². The molecule has 0 aliphatic rings. The van der Waals surface area contributed by atoms with Crippen LogP contribution in [0.3, 0.4) is 0 Å². The third kappa shape index (κ3) is 79.0. The second-order valence-corrected chi connectivity index (χ2v) is 17.9. The lowest BCUT2D eigenvalue weighted by atomic mass is 10.0. The SMILES string of the molecule is Br.Br.Br.CCCCCCCCCCCCCCCCP.CCCCCCCCCCCCCCCCP.CCCCCCCCCCCCCCCCP. The van der Waals surface area contributed by atoms with Crippen LogP contribution in [0.15, 0.2) is 0 Å². The Hall–Kier alpha value is 2.73. The van der Waals surface area contributed by atoms with Gasteiger partial charge >= 0.3 is 0 Å². The van der Waals surface area contributed by atoms with Crippen LogP contribution < -0.4 is 0 Å². The molecule has 0 aliphatic heterocycles. The molecule has 54 heavy (non-hydrogen) atoms. The molecule has 0 fully saturated rings. The van der Waals surface area contributed by atoms with Gasteiger partial charge in [-0.2, -0.15) is 0 Å². The monoisotopic (exact) mass is 1010 g/mol. The van der Waals surface area contributed by atoms with Crippen LogP contribution >= 0.6 is 78.7 Å². The summed E-state index contributed by atoms with van der Waals surface area (Å²) in [5.74, 6) is 0. The van der Waals surface area contributed by atoms with Gasteiger partial charge in [0.15, 0.2) is 0 Å². The second-order valence-electron chi connectivity index (χ2n) is 16.2. The van der Waals surface area contributed by atoms with Crippen molar-refractivity contribution in [2.24, 2.45) is 0 Å². The highest BCUT2D eigenvalue weighted by Crippen LogP contribution is 2.15. The molecule has 0 saturated heterocycles. The van der Waals surface area contributed by atoms with Crippen LogP contribution in [-0.2, 0) is 0 Å². The van der Waals surface area contributed by atoms with Gasteiger partial charge in [0, 0.05) is 0 Å². The number of unbranched alkanes of at least 4 members (excludes halogenated alkanes) is 39. The molecule has 3 unspecified atom stereocenters. The molecule has 0 aromatic carbocycles. The van der Waals surface area contributed by atoms with Crippen LogP contribution in [0, 0.1) is 0 Å². The Morgan fingerprint density at radius 3 is 0.352 bits per heavy atom. The first kappa shape index (κ1) is 68.5. The Morgan fingerprint density at radius 1 is 0.167 bits per heavy atom. The molecule has 0 aromatic rings. The Labute approximate surface area is 384 Å². The fourth-order valence-electron chi connectivity index (χ4n) is 7.02. The first-order valence-electron chi connectivity index (χ1n) is 24.3. The number of halogens is 3. The zero-order valence-corrected chi connectivity index (χ0v) is 46.4. The lowest BCUT2D eigenvalue weighted by Gasteiger charge is -2.02. The molecular weight excluding hydrogens is 909 g/mol. The minimum atomic E-state index is 0. The van der Waals surface area contributed by atoms with Crippen molar-refractivity contribution in [3.8, 4) is 0 Å². The van der Waals surface area contributed by atoms with Gasteiger partial charge in [-0.25, -0.2) is 0 Å². The lowest BCUT2D eigenvalue weighted by molar-refractivity contribution is 0.538. The van der Waals surface area contributed by atoms with Crippen LogP contribution in [0.1, 0.15) is 290 Å². The summed E-state index contributed by atoms with van der Waals surface area (Å²) in [5, 5.41) is 0. The standard InChI is InChI=1S/3C16H35P.3BrH/c3*1-2-3-4-5-6-7-8-9-10-11-12-13-14-15-16-17;;;/h3*2-17H2,1H3;3*1H. The molecule has 0 spiro atoms. The molecule has 0 aliphatic carbocycles. The summed E-state index contributed by atoms with van der Waals surface area (Å²) < 4.78 is 0. The summed E-state index contributed by atoms with van der Waals surface area (Å²) in [4.78, 5) is 0. The van der Waals surface area contributed by atoms with Crippen LogP contribution in [0.2, 0.25) is 0 Å². The summed E-state index contributed by atoms with van der Waals surface area (Å²) in [7, 11) is 8.46. The van der Waals surface area contributed by atoms with E-state index in [9.17, 15) is 0 Å². The minimum Gasteiger partial charge on any atom is -0.138 e. The molecule has 0 nitrogen and oxygen atoms in total. The number of hydrogen-bond donors (Lipinski definition) is 0. The number of hydrogen-bond acceptors (Lipinski definition) is 0. The fourth-order valence-corrected chi connectivity index (χ4v) is 7.88. The molecule has 0 rings (SSSR count). The quantitative estimate of drug-likeness (QED) is 0.0422. The van der Waals surface area contributed by atoms with Gasteiger partial charge in [-0.1, -0.05) is 271 Å². The predicted octanol–water partition coefficient (Wildman–Crippen LogP) is 20.8. The van der Waals surface area contributed by atoms with E-state index in [1.165, 1.54) is 288 Å². The molecular formula is C48H108Br3P3. The van der Waals surface area contributed by atoms with Crippen molar-refractivity contribution in [1.29, 1.82) is 0 Å². The summed E-state index contributed by atoms with van der Waals surface area (Å²) in [6, 6.07) is 0. The maximum absolute atomic E-state index is 2.82. The summed E-state index contributed by atoms with van der Waals surface area (Å²) in [6.07, 6.45) is 65.2. The zero-order valence-electron chi connectivity index (χ0n) is 37.8. The maximum atomic E-state index is 2.82. The topological polar surface area (TPSA) is 0 Å². The molecule has 0 bridgehead atoms.